The molecule has 0 saturated carbocycles. The zero-order chi connectivity index (χ0) is 18.4. The quantitative estimate of drug-likeness (QED) is 0.792. The van der Waals surface area contributed by atoms with Crippen molar-refractivity contribution in [3.05, 3.63) is 52.9 Å². The topological polar surface area (TPSA) is 49.3 Å². The fraction of sp³-hybridized carbons (Fsp3) is 0.421. The fourth-order valence-electron chi connectivity index (χ4n) is 3.74. The van der Waals surface area contributed by atoms with Gasteiger partial charge in [0.05, 0.1) is 12.2 Å². The largest absolute Gasteiger partial charge is 0.370 e. The van der Waals surface area contributed by atoms with Crippen molar-refractivity contribution >= 4 is 11.6 Å². The lowest BCUT2D eigenvalue weighted by Gasteiger charge is -2.42. The standard InChI is InChI=1S/C19H20F2N4O/c1-11-5-12(2)23-16-10-25(9-15(11)16)19(26)18(21)13-7-24(8-13)14-3-4-22-17(20)6-14/h3-6,13,18H,7-10H2,1-2H3. The molecule has 1 saturated heterocycles. The van der Waals surface area contributed by atoms with Crippen LogP contribution in [-0.2, 0) is 17.9 Å². The van der Waals surface area contributed by atoms with Crippen LogP contribution in [0.5, 0.6) is 0 Å². The molecule has 2 aromatic rings. The highest BCUT2D eigenvalue weighted by Crippen LogP contribution is 2.31. The van der Waals surface area contributed by atoms with Crippen molar-refractivity contribution < 1.29 is 13.6 Å². The summed E-state index contributed by atoms with van der Waals surface area (Å²) in [6, 6.07) is 4.98. The Morgan fingerprint density at radius 2 is 2.04 bits per heavy atom. The summed E-state index contributed by atoms with van der Waals surface area (Å²) in [7, 11) is 0. The molecule has 2 aromatic heterocycles. The van der Waals surface area contributed by atoms with Crippen molar-refractivity contribution in [2.75, 3.05) is 18.0 Å². The highest BCUT2D eigenvalue weighted by atomic mass is 19.1. The lowest BCUT2D eigenvalue weighted by molar-refractivity contribution is -0.139. The van der Waals surface area contributed by atoms with E-state index in [1.54, 1.807) is 11.0 Å². The molecule has 5 nitrogen and oxygen atoms in total. The van der Waals surface area contributed by atoms with E-state index in [0.29, 0.717) is 31.9 Å². The number of nitrogens with zero attached hydrogens (tertiary/aromatic N) is 4. The molecule has 26 heavy (non-hydrogen) atoms. The molecular weight excluding hydrogens is 338 g/mol. The number of halogens is 2. The second-order valence-corrected chi connectivity index (χ2v) is 7.10. The number of amides is 1. The number of aryl methyl sites for hydroxylation is 2. The van der Waals surface area contributed by atoms with Crippen LogP contribution in [0.3, 0.4) is 0 Å². The number of pyridine rings is 2. The molecule has 1 fully saturated rings. The minimum atomic E-state index is -1.55. The second kappa shape index (κ2) is 6.30. The molecule has 0 bridgehead atoms. The maximum Gasteiger partial charge on any atom is 0.258 e. The van der Waals surface area contributed by atoms with Crippen LogP contribution in [0, 0.1) is 25.7 Å². The highest BCUT2D eigenvalue weighted by Gasteiger charge is 2.41. The SMILES string of the molecule is Cc1cc(C)c2c(n1)CN(C(=O)C(F)C1CN(c3ccnc(F)c3)C1)C2. The van der Waals surface area contributed by atoms with Crippen LogP contribution in [-0.4, -0.2) is 40.0 Å². The first-order valence-electron chi connectivity index (χ1n) is 8.67. The Labute approximate surface area is 150 Å². The van der Waals surface area contributed by atoms with Gasteiger partial charge in [-0.15, -0.1) is 0 Å². The average Bonchev–Trinajstić information content (AvgIpc) is 2.97. The van der Waals surface area contributed by atoms with E-state index in [-0.39, 0.29) is 5.92 Å². The number of carbonyl (C=O) groups excluding carboxylic acids is 1. The van der Waals surface area contributed by atoms with E-state index in [1.807, 2.05) is 24.8 Å². The van der Waals surface area contributed by atoms with Gasteiger partial charge in [0.2, 0.25) is 5.95 Å². The molecule has 1 amide bonds. The van der Waals surface area contributed by atoms with Crippen LogP contribution in [0.2, 0.25) is 0 Å². The number of rotatable bonds is 3. The number of carbonyl (C=O) groups is 1. The number of alkyl halides is 1. The molecule has 4 heterocycles. The van der Waals surface area contributed by atoms with E-state index >= 15 is 0 Å². The van der Waals surface area contributed by atoms with Crippen LogP contribution in [0.4, 0.5) is 14.5 Å². The van der Waals surface area contributed by atoms with Gasteiger partial charge in [0.1, 0.15) is 0 Å². The Kier molecular flexibility index (Phi) is 4.09. The number of aromatic nitrogens is 2. The molecule has 1 unspecified atom stereocenters. The van der Waals surface area contributed by atoms with E-state index in [1.165, 1.54) is 12.3 Å². The van der Waals surface area contributed by atoms with Gasteiger partial charge < -0.3 is 9.80 Å². The highest BCUT2D eigenvalue weighted by molar-refractivity contribution is 5.82. The zero-order valence-corrected chi connectivity index (χ0v) is 14.7. The van der Waals surface area contributed by atoms with Gasteiger partial charge in [-0.05, 0) is 37.1 Å². The summed E-state index contributed by atoms with van der Waals surface area (Å²) in [5.74, 6) is -1.42. The molecule has 0 spiro atoms. The fourth-order valence-corrected chi connectivity index (χ4v) is 3.74. The third-order valence-corrected chi connectivity index (χ3v) is 5.20. The third-order valence-electron chi connectivity index (χ3n) is 5.20. The van der Waals surface area contributed by atoms with Crippen LogP contribution in [0.1, 0.15) is 22.5 Å². The molecule has 0 N–H and O–H groups in total. The monoisotopic (exact) mass is 358 g/mol. The van der Waals surface area contributed by atoms with Crippen molar-refractivity contribution in [3.8, 4) is 0 Å². The van der Waals surface area contributed by atoms with Crippen LogP contribution in [0.15, 0.2) is 24.4 Å². The predicted octanol–water partition coefficient (Wildman–Crippen LogP) is 2.55. The molecule has 2 aliphatic rings. The van der Waals surface area contributed by atoms with Gasteiger partial charge in [0.15, 0.2) is 6.17 Å². The van der Waals surface area contributed by atoms with Crippen LogP contribution < -0.4 is 4.90 Å². The number of anilines is 1. The lowest BCUT2D eigenvalue weighted by Crippen LogP contribution is -2.54. The third kappa shape index (κ3) is 2.91. The molecule has 7 heteroatoms. The van der Waals surface area contributed by atoms with E-state index in [0.717, 1.165) is 22.5 Å². The van der Waals surface area contributed by atoms with Gasteiger partial charge in [-0.3, -0.25) is 9.78 Å². The number of fused-ring (bicyclic) bond motifs is 1. The van der Waals surface area contributed by atoms with E-state index in [9.17, 15) is 13.6 Å². The predicted molar refractivity (Wildman–Crippen MR) is 92.8 cm³/mol. The molecular formula is C19H20F2N4O. The summed E-state index contributed by atoms with van der Waals surface area (Å²) in [6.07, 6.45) is -0.164. The van der Waals surface area contributed by atoms with Gasteiger partial charge in [-0.1, -0.05) is 0 Å². The van der Waals surface area contributed by atoms with Crippen molar-refractivity contribution in [2.45, 2.75) is 33.1 Å². The Bertz CT molecular complexity index is 867. The number of hydrogen-bond acceptors (Lipinski definition) is 4. The minimum Gasteiger partial charge on any atom is -0.370 e. The normalized spacial score (nSPS) is 17.8. The molecule has 4 rings (SSSR count). The van der Waals surface area contributed by atoms with Gasteiger partial charge in [0, 0.05) is 49.2 Å². The molecule has 1 atom stereocenters. The summed E-state index contributed by atoms with van der Waals surface area (Å²) in [4.78, 5) is 24.0. The van der Waals surface area contributed by atoms with Crippen LogP contribution in [0.25, 0.3) is 0 Å². The summed E-state index contributed by atoms with van der Waals surface area (Å²) < 4.78 is 27.9. The maximum atomic E-state index is 14.7. The first-order chi connectivity index (χ1) is 12.4. The zero-order valence-electron chi connectivity index (χ0n) is 14.7. The molecule has 136 valence electrons. The van der Waals surface area contributed by atoms with Crippen molar-refractivity contribution in [1.82, 2.24) is 14.9 Å². The van der Waals surface area contributed by atoms with Crippen molar-refractivity contribution in [3.63, 3.8) is 0 Å². The average molecular weight is 358 g/mol. The molecule has 0 aliphatic carbocycles. The summed E-state index contributed by atoms with van der Waals surface area (Å²) in [5.41, 5.74) is 4.56. The minimum absolute atomic E-state index is 0.364. The van der Waals surface area contributed by atoms with Gasteiger partial charge in [-0.25, -0.2) is 9.37 Å². The van der Waals surface area contributed by atoms with Gasteiger partial charge in [0.25, 0.3) is 5.91 Å². The van der Waals surface area contributed by atoms with E-state index in [4.69, 9.17) is 0 Å². The Morgan fingerprint density at radius 1 is 1.27 bits per heavy atom. The Balaban J connectivity index is 1.39. The summed E-state index contributed by atoms with van der Waals surface area (Å²) in [5, 5.41) is 0. The van der Waals surface area contributed by atoms with E-state index in [2.05, 4.69) is 9.97 Å². The summed E-state index contributed by atoms with van der Waals surface area (Å²) in [6.45, 7) is 5.48. The van der Waals surface area contributed by atoms with Gasteiger partial charge in [-0.2, -0.15) is 4.39 Å². The van der Waals surface area contributed by atoms with Crippen molar-refractivity contribution in [2.24, 2.45) is 5.92 Å². The lowest BCUT2D eigenvalue weighted by atomic mass is 9.93. The number of hydrogen-bond donors (Lipinski definition) is 0. The van der Waals surface area contributed by atoms with Gasteiger partial charge >= 0.3 is 0 Å². The first-order valence-corrected chi connectivity index (χ1v) is 8.67. The van der Waals surface area contributed by atoms with E-state index < -0.39 is 18.0 Å². The molecule has 0 radical (unpaired) electrons. The Morgan fingerprint density at radius 3 is 2.77 bits per heavy atom. The van der Waals surface area contributed by atoms with Crippen molar-refractivity contribution in [1.29, 1.82) is 0 Å². The maximum absolute atomic E-state index is 14.7. The first kappa shape index (κ1) is 16.9. The second-order valence-electron chi connectivity index (χ2n) is 7.10. The summed E-state index contributed by atoms with van der Waals surface area (Å²) >= 11 is 0. The smallest absolute Gasteiger partial charge is 0.258 e. The Hall–Kier alpha value is -2.57. The molecule has 0 aromatic carbocycles. The van der Waals surface area contributed by atoms with Crippen LogP contribution >= 0.6 is 0 Å². The molecule has 2 aliphatic heterocycles.